The zero-order valence-electron chi connectivity index (χ0n) is 9.06. The Morgan fingerprint density at radius 3 is 2.24 bits per heavy atom. The molecule has 0 heterocycles. The molecule has 100 valence electrons. The summed E-state index contributed by atoms with van der Waals surface area (Å²) in [6.45, 7) is 1.88. The number of aliphatic hydroxyl groups excluding tert-OH is 5. The van der Waals surface area contributed by atoms with Gasteiger partial charge in [0.2, 0.25) is 0 Å². The monoisotopic (exact) mass is 251 g/mol. The predicted octanol–water partition coefficient (Wildman–Crippen LogP) is -3.34. The zero-order valence-corrected chi connectivity index (χ0v) is 9.06. The van der Waals surface area contributed by atoms with Gasteiger partial charge in [-0.1, -0.05) is 6.58 Å². The highest BCUT2D eigenvalue weighted by Crippen LogP contribution is 2.05. The number of carbonyl (C=O) groups excluding carboxylic acids is 1. The predicted molar refractivity (Wildman–Crippen MR) is 55.4 cm³/mol. The van der Waals surface area contributed by atoms with E-state index in [4.69, 9.17) is 10.2 Å². The Hall–Kier alpha value is -1.03. The van der Waals surface area contributed by atoms with Crippen molar-refractivity contribution >= 4 is 5.91 Å². The van der Waals surface area contributed by atoms with Crippen LogP contribution in [0.1, 0.15) is 0 Å². The molecule has 0 aromatic rings. The second-order valence-electron chi connectivity index (χ2n) is 3.28. The summed E-state index contributed by atoms with van der Waals surface area (Å²) in [5.74, 6) is -0.636. The van der Waals surface area contributed by atoms with Gasteiger partial charge in [0, 0.05) is 0 Å². The summed E-state index contributed by atoms with van der Waals surface area (Å²) in [5, 5.41) is 45.4. The van der Waals surface area contributed by atoms with Crippen LogP contribution in [0.2, 0.25) is 0 Å². The van der Waals surface area contributed by atoms with Gasteiger partial charge in [-0.15, -0.1) is 0 Å². The van der Waals surface area contributed by atoms with Crippen molar-refractivity contribution < 1.29 is 35.2 Å². The summed E-state index contributed by atoms with van der Waals surface area (Å²) in [6.07, 6.45) is -5.64. The number of carbonyl (C=O) groups is 1. The third-order valence-electron chi connectivity index (χ3n) is 1.94. The summed E-state index contributed by atoms with van der Waals surface area (Å²) in [5.41, 5.74) is 1.88. The fourth-order valence-corrected chi connectivity index (χ4v) is 0.902. The summed E-state index contributed by atoms with van der Waals surface area (Å²) in [7, 11) is 0. The third kappa shape index (κ3) is 5.73. The van der Waals surface area contributed by atoms with E-state index in [1.54, 1.807) is 0 Å². The van der Waals surface area contributed by atoms with Gasteiger partial charge < -0.3 is 25.5 Å². The fourth-order valence-electron chi connectivity index (χ4n) is 0.902. The first kappa shape index (κ1) is 16.0. The van der Waals surface area contributed by atoms with Crippen LogP contribution < -0.4 is 5.48 Å². The van der Waals surface area contributed by atoms with E-state index in [0.717, 1.165) is 6.08 Å². The van der Waals surface area contributed by atoms with E-state index in [0.29, 0.717) is 0 Å². The van der Waals surface area contributed by atoms with Crippen LogP contribution in [-0.4, -0.2) is 69.1 Å². The van der Waals surface area contributed by atoms with Crippen LogP contribution in [0.15, 0.2) is 12.7 Å². The Labute approximate surface area is 97.7 Å². The average Bonchev–Trinajstić information content (AvgIpc) is 2.35. The molecule has 17 heavy (non-hydrogen) atoms. The topological polar surface area (TPSA) is 139 Å². The molecule has 0 radical (unpaired) electrons. The van der Waals surface area contributed by atoms with E-state index < -0.39 is 43.5 Å². The third-order valence-corrected chi connectivity index (χ3v) is 1.94. The Kier molecular flexibility index (Phi) is 7.63. The van der Waals surface area contributed by atoms with E-state index in [1.165, 1.54) is 0 Å². The van der Waals surface area contributed by atoms with Crippen LogP contribution in [-0.2, 0) is 9.63 Å². The van der Waals surface area contributed by atoms with Crippen LogP contribution >= 0.6 is 0 Å². The molecule has 1 amide bonds. The lowest BCUT2D eigenvalue weighted by Gasteiger charge is -2.25. The van der Waals surface area contributed by atoms with Crippen LogP contribution in [0, 0.1) is 0 Å². The van der Waals surface area contributed by atoms with Gasteiger partial charge in [0.1, 0.15) is 31.0 Å². The standard InChI is InChI=1S/C9H17NO7/c1-2-7(14)10-17-4-6(13)9(16)8(15)5(12)3-11/h2,5-6,8-9,11-13,15-16H,1,3-4H2,(H,10,14)/t5-,6+,8-,9-/m1/s1. The molecule has 6 N–H and O–H groups in total. The maximum atomic E-state index is 10.6. The second kappa shape index (κ2) is 8.12. The molecule has 0 saturated carbocycles. The van der Waals surface area contributed by atoms with E-state index in [2.05, 4.69) is 11.4 Å². The molecular weight excluding hydrogens is 234 g/mol. The molecule has 0 rings (SSSR count). The molecule has 4 atom stereocenters. The second-order valence-corrected chi connectivity index (χ2v) is 3.28. The molecule has 8 nitrogen and oxygen atoms in total. The van der Waals surface area contributed by atoms with Gasteiger partial charge >= 0.3 is 0 Å². The minimum absolute atomic E-state index is 0.504. The van der Waals surface area contributed by atoms with Crippen LogP contribution in [0.5, 0.6) is 0 Å². The molecule has 0 aliphatic carbocycles. The Balaban J connectivity index is 4.00. The van der Waals surface area contributed by atoms with Gasteiger partial charge in [0.25, 0.3) is 5.91 Å². The molecule has 0 unspecified atom stereocenters. The molecule has 0 spiro atoms. The van der Waals surface area contributed by atoms with Gasteiger partial charge in [0.15, 0.2) is 0 Å². The van der Waals surface area contributed by atoms with Crippen LogP contribution in [0.25, 0.3) is 0 Å². The van der Waals surface area contributed by atoms with Crippen molar-refractivity contribution in [3.63, 3.8) is 0 Å². The first-order chi connectivity index (χ1) is 7.93. The minimum atomic E-state index is -1.73. The lowest BCUT2D eigenvalue weighted by atomic mass is 10.0. The lowest BCUT2D eigenvalue weighted by molar-refractivity contribution is -0.147. The Morgan fingerprint density at radius 2 is 1.76 bits per heavy atom. The van der Waals surface area contributed by atoms with Crippen molar-refractivity contribution in [3.8, 4) is 0 Å². The largest absolute Gasteiger partial charge is 0.394 e. The molecule has 8 heteroatoms. The van der Waals surface area contributed by atoms with Gasteiger partial charge in [-0.2, -0.15) is 0 Å². The van der Waals surface area contributed by atoms with Gasteiger partial charge in [0.05, 0.1) is 6.61 Å². The van der Waals surface area contributed by atoms with Crippen molar-refractivity contribution in [1.82, 2.24) is 5.48 Å². The van der Waals surface area contributed by atoms with Crippen LogP contribution in [0.3, 0.4) is 0 Å². The number of amides is 1. The molecule has 0 bridgehead atoms. The Bertz CT molecular complexity index is 247. The molecular formula is C9H17NO7. The number of rotatable bonds is 8. The van der Waals surface area contributed by atoms with Crippen molar-refractivity contribution in [1.29, 1.82) is 0 Å². The first-order valence-corrected chi connectivity index (χ1v) is 4.81. The van der Waals surface area contributed by atoms with Crippen molar-refractivity contribution in [2.45, 2.75) is 24.4 Å². The number of aliphatic hydroxyl groups is 5. The van der Waals surface area contributed by atoms with E-state index in [1.807, 2.05) is 5.48 Å². The molecule has 0 fully saturated rings. The highest BCUT2D eigenvalue weighted by atomic mass is 16.7. The maximum Gasteiger partial charge on any atom is 0.266 e. The smallest absolute Gasteiger partial charge is 0.266 e. The quantitative estimate of drug-likeness (QED) is 0.196. The average molecular weight is 251 g/mol. The molecule has 0 aliphatic heterocycles. The minimum Gasteiger partial charge on any atom is -0.394 e. The number of hydrogen-bond donors (Lipinski definition) is 6. The number of hydroxylamine groups is 1. The highest BCUT2D eigenvalue weighted by molar-refractivity contribution is 5.85. The lowest BCUT2D eigenvalue weighted by Crippen LogP contribution is -2.48. The Morgan fingerprint density at radius 1 is 1.24 bits per heavy atom. The number of nitrogens with one attached hydrogen (secondary N) is 1. The SMILES string of the molecule is C=CC(=O)NOC[C@H](O)[C@@H](O)[C@H](O)[C@H](O)CO. The van der Waals surface area contributed by atoms with Crippen molar-refractivity contribution in [2.24, 2.45) is 0 Å². The molecule has 0 aromatic heterocycles. The number of hydrogen-bond acceptors (Lipinski definition) is 7. The zero-order chi connectivity index (χ0) is 13.4. The summed E-state index contributed by atoms with van der Waals surface area (Å²) < 4.78 is 0. The van der Waals surface area contributed by atoms with Gasteiger partial charge in [-0.3, -0.25) is 9.63 Å². The first-order valence-electron chi connectivity index (χ1n) is 4.81. The molecule has 0 saturated heterocycles. The van der Waals surface area contributed by atoms with Crippen LogP contribution in [0.4, 0.5) is 0 Å². The van der Waals surface area contributed by atoms with Gasteiger partial charge in [-0.05, 0) is 6.08 Å². The van der Waals surface area contributed by atoms with E-state index in [-0.39, 0.29) is 0 Å². The normalized spacial score (nSPS) is 17.9. The summed E-state index contributed by atoms with van der Waals surface area (Å²) in [6, 6.07) is 0. The summed E-state index contributed by atoms with van der Waals surface area (Å²) in [4.78, 5) is 15.1. The van der Waals surface area contributed by atoms with Crippen molar-refractivity contribution in [2.75, 3.05) is 13.2 Å². The van der Waals surface area contributed by atoms with E-state index >= 15 is 0 Å². The molecule has 0 aromatic carbocycles. The van der Waals surface area contributed by atoms with Crippen molar-refractivity contribution in [3.05, 3.63) is 12.7 Å². The fraction of sp³-hybridized carbons (Fsp3) is 0.667. The van der Waals surface area contributed by atoms with E-state index in [9.17, 15) is 20.1 Å². The van der Waals surface area contributed by atoms with Gasteiger partial charge in [-0.25, -0.2) is 5.48 Å². The molecule has 0 aliphatic rings. The summed E-state index contributed by atoms with van der Waals surface area (Å²) >= 11 is 0. The maximum absolute atomic E-state index is 10.6. The highest BCUT2D eigenvalue weighted by Gasteiger charge is 2.30.